The molecule has 4 bridgehead atoms. The molecule has 4 aliphatic carbocycles. The number of nitrogens with zero attached hydrogens (tertiary/aromatic N) is 2. The fourth-order valence-corrected chi connectivity index (χ4v) is 10.4. The number of benzene rings is 4. The first-order chi connectivity index (χ1) is 28.2. The Kier molecular flexibility index (Phi) is 8.12. The number of carbonyl (C=O) groups is 4. The average Bonchev–Trinajstić information content (AvgIpc) is 4.06. The Morgan fingerprint density at radius 1 is 0.407 bits per heavy atom. The summed E-state index contributed by atoms with van der Waals surface area (Å²) in [5.41, 5.74) is -5.94. The maximum absolute atomic E-state index is 14.9. The van der Waals surface area contributed by atoms with Crippen LogP contribution in [0.25, 0.3) is 0 Å². The Morgan fingerprint density at radius 2 is 0.661 bits per heavy atom. The molecule has 2 heterocycles. The van der Waals surface area contributed by atoms with Gasteiger partial charge >= 0.3 is 12.4 Å². The zero-order valence-electron chi connectivity index (χ0n) is 30.7. The number of rotatable bonds is 8. The summed E-state index contributed by atoms with van der Waals surface area (Å²) in [6.07, 6.45) is -2.16. The molecule has 2 saturated heterocycles. The molecule has 8 nitrogen and oxygen atoms in total. The highest BCUT2D eigenvalue weighted by Gasteiger charge is 2.72. The number of halogens is 6. The van der Waals surface area contributed by atoms with Crippen molar-refractivity contribution in [2.75, 3.05) is 9.80 Å². The molecule has 0 unspecified atom stereocenters. The molecule has 4 amide bonds. The van der Waals surface area contributed by atoms with Gasteiger partial charge in [-0.2, -0.15) is 26.3 Å². The molecule has 59 heavy (non-hydrogen) atoms. The lowest BCUT2D eigenvalue weighted by molar-refractivity contribution is -0.288. The zero-order chi connectivity index (χ0) is 41.2. The van der Waals surface area contributed by atoms with Crippen LogP contribution in [0.4, 0.5) is 37.7 Å². The van der Waals surface area contributed by atoms with Crippen LogP contribution in [-0.2, 0) is 24.6 Å². The summed E-state index contributed by atoms with van der Waals surface area (Å²) in [4.78, 5) is 55.0. The van der Waals surface area contributed by atoms with Crippen LogP contribution in [0.15, 0.2) is 121 Å². The molecule has 2 aliphatic heterocycles. The van der Waals surface area contributed by atoms with E-state index in [1.165, 1.54) is 48.5 Å². The number of amides is 4. The average molecular weight is 811 g/mol. The summed E-state index contributed by atoms with van der Waals surface area (Å²) < 4.78 is 101. The quantitative estimate of drug-likeness (QED) is 0.100. The third kappa shape index (κ3) is 5.44. The number of allylic oxidation sites excluding steroid dienone is 4. The van der Waals surface area contributed by atoms with Crippen molar-refractivity contribution in [3.63, 3.8) is 0 Å². The molecule has 0 aromatic heterocycles. The van der Waals surface area contributed by atoms with E-state index in [1.807, 2.05) is 24.3 Å². The van der Waals surface area contributed by atoms with Gasteiger partial charge in [0.25, 0.3) is 0 Å². The zero-order valence-corrected chi connectivity index (χ0v) is 30.7. The first-order valence-corrected chi connectivity index (χ1v) is 19.2. The lowest BCUT2D eigenvalue weighted by atomic mass is 9.73. The van der Waals surface area contributed by atoms with Gasteiger partial charge in [-0.05, 0) is 120 Å². The van der Waals surface area contributed by atoms with Gasteiger partial charge in [-0.1, -0.05) is 48.6 Å². The smallest absolute Gasteiger partial charge is 0.411 e. The summed E-state index contributed by atoms with van der Waals surface area (Å²) in [5.74, 6) is -2.25. The standard InChI is InChI=1S/C45H32F6N2O6/c46-44(47,48)43(45(49,50)51,27-5-13-31(14-6-27)58-33-17-9-29(10-18-33)52-39(54)35-23-1-2-24(21-23)36(35)40(52)55)28-7-15-32(16-8-28)59-34-19-11-30(12-20-34)53-41(56)37-25-3-4-26(22-25)38(37)42(53)57/h1-20,23-26,35-38H,21-22H2/t23-,24-,25-,26+,35-,36+,37-,38-/m0/s1. The highest BCUT2D eigenvalue weighted by molar-refractivity contribution is 6.23. The fourth-order valence-electron chi connectivity index (χ4n) is 10.4. The van der Waals surface area contributed by atoms with Gasteiger partial charge < -0.3 is 9.47 Å². The Hall–Kier alpha value is -6.18. The molecule has 4 aromatic carbocycles. The Balaban J connectivity index is 0.850. The molecule has 0 N–H and O–H groups in total. The predicted molar refractivity (Wildman–Crippen MR) is 199 cm³/mol. The van der Waals surface area contributed by atoms with E-state index in [9.17, 15) is 45.5 Å². The van der Waals surface area contributed by atoms with E-state index in [-0.39, 0.29) is 94.0 Å². The lowest BCUT2D eigenvalue weighted by Crippen LogP contribution is -2.54. The predicted octanol–water partition coefficient (Wildman–Crippen LogP) is 9.30. The van der Waals surface area contributed by atoms with Crippen LogP contribution in [0.3, 0.4) is 0 Å². The van der Waals surface area contributed by atoms with Gasteiger partial charge in [0.15, 0.2) is 0 Å². The first-order valence-electron chi connectivity index (χ1n) is 19.2. The van der Waals surface area contributed by atoms with E-state index in [1.54, 1.807) is 0 Å². The summed E-state index contributed by atoms with van der Waals surface area (Å²) in [6.45, 7) is 0. The van der Waals surface area contributed by atoms with E-state index in [0.717, 1.165) is 46.9 Å². The molecule has 2 saturated carbocycles. The number of hydrogen-bond acceptors (Lipinski definition) is 6. The van der Waals surface area contributed by atoms with Crippen molar-refractivity contribution in [3.05, 3.63) is 132 Å². The molecular formula is C45H32F6N2O6. The number of ether oxygens (including phenoxy) is 2. The van der Waals surface area contributed by atoms with E-state index >= 15 is 0 Å². The van der Waals surface area contributed by atoms with E-state index < -0.39 is 28.9 Å². The van der Waals surface area contributed by atoms with Crippen LogP contribution < -0.4 is 19.3 Å². The maximum Gasteiger partial charge on any atom is 0.411 e. The molecule has 6 aliphatic rings. The fraction of sp³-hybridized carbons (Fsp3) is 0.289. The second-order valence-electron chi connectivity index (χ2n) is 16.0. The van der Waals surface area contributed by atoms with Crippen LogP contribution in [0.1, 0.15) is 24.0 Å². The number of hydrogen-bond donors (Lipinski definition) is 0. The van der Waals surface area contributed by atoms with Gasteiger partial charge in [0.2, 0.25) is 29.0 Å². The maximum atomic E-state index is 14.9. The van der Waals surface area contributed by atoms with Crippen LogP contribution in [0.2, 0.25) is 0 Å². The molecule has 4 aromatic rings. The molecule has 14 heteroatoms. The second-order valence-corrected chi connectivity index (χ2v) is 16.0. The van der Waals surface area contributed by atoms with E-state index in [2.05, 4.69) is 0 Å². The van der Waals surface area contributed by atoms with E-state index in [0.29, 0.717) is 35.6 Å². The molecule has 4 fully saturated rings. The van der Waals surface area contributed by atoms with Crippen molar-refractivity contribution in [1.29, 1.82) is 0 Å². The van der Waals surface area contributed by atoms with Crippen molar-refractivity contribution in [2.24, 2.45) is 47.3 Å². The number of anilines is 2. The Labute approximate surface area is 332 Å². The number of alkyl halides is 6. The normalized spacial score (nSPS) is 28.0. The summed E-state index contributed by atoms with van der Waals surface area (Å²) in [5, 5.41) is 0. The highest BCUT2D eigenvalue weighted by Crippen LogP contribution is 2.57. The number of fused-ring (bicyclic) bond motifs is 10. The van der Waals surface area contributed by atoms with Crippen molar-refractivity contribution in [2.45, 2.75) is 30.6 Å². The van der Waals surface area contributed by atoms with E-state index in [4.69, 9.17) is 9.47 Å². The minimum absolute atomic E-state index is 0.0339. The molecule has 8 atom stereocenters. The van der Waals surface area contributed by atoms with Crippen LogP contribution in [0, 0.1) is 47.3 Å². The van der Waals surface area contributed by atoms with Gasteiger partial charge in [-0.15, -0.1) is 0 Å². The monoisotopic (exact) mass is 810 g/mol. The SMILES string of the molecule is O=C1[C@@H]2[C@@H](C(=O)N1c1ccc(Oc3ccc(C(c4ccc(Oc5ccc(N6C(=O)[C@@H]7[C@H](C6=O)[C@H]6C=C[C@H]7C6)cc5)cc4)(C(F)(F)F)C(F)(F)F)cc3)cc1)[C@H]1C=C[C@@H]2C1. The van der Waals surface area contributed by atoms with Crippen molar-refractivity contribution < 1.29 is 55.0 Å². The molecular weight excluding hydrogens is 778 g/mol. The molecule has 0 spiro atoms. The topological polar surface area (TPSA) is 93.2 Å². The Morgan fingerprint density at radius 3 is 0.915 bits per heavy atom. The third-order valence-electron chi connectivity index (χ3n) is 13.0. The van der Waals surface area contributed by atoms with Crippen LogP contribution in [-0.4, -0.2) is 36.0 Å². The molecule has 10 rings (SSSR count). The summed E-state index contributed by atoms with van der Waals surface area (Å²) in [7, 11) is 0. The van der Waals surface area contributed by atoms with Crippen molar-refractivity contribution in [3.8, 4) is 23.0 Å². The van der Waals surface area contributed by atoms with Gasteiger partial charge in [-0.3, -0.25) is 29.0 Å². The largest absolute Gasteiger partial charge is 0.457 e. The van der Waals surface area contributed by atoms with Gasteiger partial charge in [0, 0.05) is 0 Å². The van der Waals surface area contributed by atoms with Gasteiger partial charge in [-0.25, -0.2) is 0 Å². The highest BCUT2D eigenvalue weighted by atomic mass is 19.4. The van der Waals surface area contributed by atoms with Crippen LogP contribution >= 0.6 is 0 Å². The molecule has 0 radical (unpaired) electrons. The summed E-state index contributed by atoms with van der Waals surface area (Å²) >= 11 is 0. The minimum Gasteiger partial charge on any atom is -0.457 e. The van der Waals surface area contributed by atoms with Crippen LogP contribution in [0.5, 0.6) is 23.0 Å². The first kappa shape index (κ1) is 37.1. The van der Waals surface area contributed by atoms with Gasteiger partial charge in [0.1, 0.15) is 23.0 Å². The lowest BCUT2D eigenvalue weighted by Gasteiger charge is -2.38. The number of carbonyl (C=O) groups excluding carboxylic acids is 4. The second kappa shape index (κ2) is 12.9. The Bertz CT molecular complexity index is 2230. The molecule has 300 valence electrons. The summed E-state index contributed by atoms with van der Waals surface area (Å²) in [6, 6.07) is 18.7. The number of imide groups is 2. The minimum atomic E-state index is -5.83. The third-order valence-corrected chi connectivity index (χ3v) is 13.0. The van der Waals surface area contributed by atoms with Crippen molar-refractivity contribution in [1.82, 2.24) is 0 Å². The van der Waals surface area contributed by atoms with Gasteiger partial charge in [0.05, 0.1) is 35.0 Å². The van der Waals surface area contributed by atoms with Crippen molar-refractivity contribution >= 4 is 35.0 Å².